The number of aliphatic hydroxyl groups excluding tert-OH is 3. The third kappa shape index (κ3) is 6.06. The van der Waals surface area contributed by atoms with Crippen molar-refractivity contribution in [2.75, 3.05) is 6.61 Å². The number of ether oxygens (including phenoxy) is 1. The third-order valence-electron chi connectivity index (χ3n) is 2.27. The van der Waals surface area contributed by atoms with E-state index in [1.165, 1.54) is 5.32 Å². The normalized spacial score (nSPS) is 17.3. The van der Waals surface area contributed by atoms with Gasteiger partial charge in [-0.15, -0.1) is 0 Å². The van der Waals surface area contributed by atoms with Gasteiger partial charge in [0.25, 0.3) is 0 Å². The van der Waals surface area contributed by atoms with Crippen LogP contribution in [0, 0.1) is 0 Å². The first-order valence-electron chi connectivity index (χ1n) is 5.51. The molecule has 0 aromatic carbocycles. The van der Waals surface area contributed by atoms with E-state index in [0.717, 1.165) is 6.92 Å². The highest BCUT2D eigenvalue weighted by Gasteiger charge is 2.43. The number of aldehydes is 1. The molecule has 0 bridgehead atoms. The minimum atomic E-state index is -5.30. The minimum absolute atomic E-state index is 0.227. The molecule has 21 heavy (non-hydrogen) atoms. The van der Waals surface area contributed by atoms with Crippen LogP contribution in [0.1, 0.15) is 6.92 Å². The summed E-state index contributed by atoms with van der Waals surface area (Å²) in [6.45, 7) is -0.137. The van der Waals surface area contributed by atoms with Gasteiger partial charge in [0.2, 0.25) is 0 Å². The number of hydrogen-bond donors (Lipinski definition) is 4. The Morgan fingerprint density at radius 1 is 1.33 bits per heavy atom. The minimum Gasteiger partial charge on any atom is -0.457 e. The molecule has 0 unspecified atom stereocenters. The summed E-state index contributed by atoms with van der Waals surface area (Å²) in [4.78, 5) is 32.2. The van der Waals surface area contributed by atoms with Gasteiger partial charge in [0.15, 0.2) is 6.10 Å². The standard InChI is InChI=1S/C10H14F3NO7/c1-4(17)21-8(6(18)3-16)7(19)5(2-15)14-9(20)10(11,12)13/h2,5-8,16,18-19H,3H2,1H3,(H,14,20)/t5-,6+,7+,8+/m0/s1. The number of halogens is 3. The van der Waals surface area contributed by atoms with Crippen LogP contribution in [0.3, 0.4) is 0 Å². The number of amides is 1. The number of hydrogen-bond acceptors (Lipinski definition) is 7. The lowest BCUT2D eigenvalue weighted by atomic mass is 10.0. The number of alkyl halides is 3. The second-order valence-electron chi connectivity index (χ2n) is 3.95. The molecule has 0 saturated heterocycles. The van der Waals surface area contributed by atoms with E-state index in [2.05, 4.69) is 4.74 Å². The summed E-state index contributed by atoms with van der Waals surface area (Å²) >= 11 is 0. The van der Waals surface area contributed by atoms with Crippen molar-refractivity contribution in [3.63, 3.8) is 0 Å². The van der Waals surface area contributed by atoms with E-state index in [1.54, 1.807) is 0 Å². The fourth-order valence-electron chi connectivity index (χ4n) is 1.31. The average Bonchev–Trinajstić information content (AvgIpc) is 2.38. The van der Waals surface area contributed by atoms with E-state index in [9.17, 15) is 37.8 Å². The molecule has 0 saturated carbocycles. The lowest BCUT2D eigenvalue weighted by Gasteiger charge is -2.29. The quantitative estimate of drug-likeness (QED) is 0.311. The molecule has 0 aliphatic carbocycles. The fourth-order valence-corrected chi connectivity index (χ4v) is 1.31. The molecule has 11 heteroatoms. The third-order valence-corrected chi connectivity index (χ3v) is 2.27. The Balaban J connectivity index is 5.09. The van der Waals surface area contributed by atoms with Crippen LogP contribution in [0.4, 0.5) is 13.2 Å². The molecule has 0 radical (unpaired) electrons. The Morgan fingerprint density at radius 3 is 2.19 bits per heavy atom. The number of esters is 1. The molecule has 0 aromatic heterocycles. The summed E-state index contributed by atoms with van der Waals surface area (Å²) in [5, 5.41) is 28.9. The van der Waals surface area contributed by atoms with Gasteiger partial charge < -0.3 is 30.2 Å². The maximum Gasteiger partial charge on any atom is 0.471 e. The van der Waals surface area contributed by atoms with E-state index < -0.39 is 49.0 Å². The van der Waals surface area contributed by atoms with Crippen LogP contribution in [-0.4, -0.2) is 70.6 Å². The van der Waals surface area contributed by atoms with E-state index in [0.29, 0.717) is 0 Å². The molecule has 0 aliphatic heterocycles. The molecule has 1 amide bonds. The van der Waals surface area contributed by atoms with Gasteiger partial charge in [0, 0.05) is 6.92 Å². The summed E-state index contributed by atoms with van der Waals surface area (Å²) < 4.78 is 40.6. The zero-order valence-electron chi connectivity index (χ0n) is 10.7. The number of rotatable bonds is 7. The van der Waals surface area contributed by atoms with Crippen LogP contribution in [0.2, 0.25) is 0 Å². The molecule has 0 aromatic rings. The first kappa shape index (κ1) is 19.3. The first-order valence-corrected chi connectivity index (χ1v) is 5.51. The summed E-state index contributed by atoms with van der Waals surface area (Å²) in [5.41, 5.74) is 0. The molecule has 122 valence electrons. The van der Waals surface area contributed by atoms with Crippen LogP contribution in [-0.2, 0) is 19.1 Å². The van der Waals surface area contributed by atoms with Gasteiger partial charge in [-0.3, -0.25) is 9.59 Å². The predicted octanol–water partition coefficient (Wildman–Crippen LogP) is -2.12. The maximum absolute atomic E-state index is 12.1. The second kappa shape index (κ2) is 7.90. The fraction of sp³-hybridized carbons (Fsp3) is 0.700. The Bertz CT molecular complexity index is 387. The van der Waals surface area contributed by atoms with Crippen LogP contribution in [0.15, 0.2) is 0 Å². The Hall–Kier alpha value is -1.72. The van der Waals surface area contributed by atoms with Crippen molar-refractivity contribution in [3.05, 3.63) is 0 Å². The zero-order chi connectivity index (χ0) is 16.8. The van der Waals surface area contributed by atoms with Gasteiger partial charge >= 0.3 is 18.1 Å². The van der Waals surface area contributed by atoms with E-state index >= 15 is 0 Å². The lowest BCUT2D eigenvalue weighted by Crippen LogP contribution is -2.56. The Morgan fingerprint density at radius 2 is 1.86 bits per heavy atom. The molecule has 0 rings (SSSR count). The van der Waals surface area contributed by atoms with Gasteiger partial charge in [-0.2, -0.15) is 13.2 Å². The Kier molecular flexibility index (Phi) is 7.26. The zero-order valence-corrected chi connectivity index (χ0v) is 10.7. The number of carbonyl (C=O) groups is 3. The van der Waals surface area contributed by atoms with Crippen molar-refractivity contribution >= 4 is 18.2 Å². The largest absolute Gasteiger partial charge is 0.471 e. The van der Waals surface area contributed by atoms with Crippen LogP contribution in [0.5, 0.6) is 0 Å². The molecule has 0 fully saturated rings. The van der Waals surface area contributed by atoms with Crippen LogP contribution < -0.4 is 5.32 Å². The maximum atomic E-state index is 12.1. The van der Waals surface area contributed by atoms with E-state index in [1.807, 2.05) is 0 Å². The Labute approximate surface area is 116 Å². The smallest absolute Gasteiger partial charge is 0.457 e. The van der Waals surface area contributed by atoms with Crippen LogP contribution >= 0.6 is 0 Å². The van der Waals surface area contributed by atoms with Gasteiger partial charge in [-0.25, -0.2) is 0 Å². The van der Waals surface area contributed by atoms with Gasteiger partial charge in [0.05, 0.1) is 6.61 Å². The molecular weight excluding hydrogens is 303 g/mol. The molecule has 0 aliphatic rings. The summed E-state index contributed by atoms with van der Waals surface area (Å²) in [7, 11) is 0. The molecule has 8 nitrogen and oxygen atoms in total. The number of carbonyl (C=O) groups excluding carboxylic acids is 3. The van der Waals surface area contributed by atoms with E-state index in [-0.39, 0.29) is 6.29 Å². The topological polar surface area (TPSA) is 133 Å². The summed E-state index contributed by atoms with van der Waals surface area (Å²) in [6, 6.07) is -2.11. The highest BCUT2D eigenvalue weighted by Crippen LogP contribution is 2.16. The lowest BCUT2D eigenvalue weighted by molar-refractivity contribution is -0.178. The van der Waals surface area contributed by atoms with Crippen molar-refractivity contribution in [2.45, 2.75) is 37.5 Å². The first-order chi connectivity index (χ1) is 9.54. The molecule has 4 N–H and O–H groups in total. The molecule has 4 atom stereocenters. The highest BCUT2D eigenvalue weighted by molar-refractivity contribution is 5.84. The molecular formula is C10H14F3NO7. The summed E-state index contributed by atoms with van der Waals surface area (Å²) in [5.74, 6) is -3.53. The number of nitrogens with one attached hydrogen (secondary N) is 1. The second-order valence-corrected chi connectivity index (χ2v) is 3.95. The van der Waals surface area contributed by atoms with Gasteiger partial charge in [0.1, 0.15) is 24.5 Å². The van der Waals surface area contributed by atoms with Crippen molar-refractivity contribution in [1.82, 2.24) is 5.32 Å². The van der Waals surface area contributed by atoms with Crippen molar-refractivity contribution in [2.24, 2.45) is 0 Å². The monoisotopic (exact) mass is 317 g/mol. The predicted molar refractivity (Wildman–Crippen MR) is 58.7 cm³/mol. The van der Waals surface area contributed by atoms with E-state index in [4.69, 9.17) is 5.11 Å². The van der Waals surface area contributed by atoms with Gasteiger partial charge in [-0.05, 0) is 0 Å². The van der Waals surface area contributed by atoms with Gasteiger partial charge in [-0.1, -0.05) is 0 Å². The van der Waals surface area contributed by atoms with Crippen molar-refractivity contribution < 1.29 is 47.6 Å². The summed E-state index contributed by atoms with van der Waals surface area (Å²) in [6.07, 6.45) is -11.5. The van der Waals surface area contributed by atoms with Crippen molar-refractivity contribution in [3.8, 4) is 0 Å². The molecule has 0 heterocycles. The average molecular weight is 317 g/mol. The SMILES string of the molecule is CC(=O)O[C@@H]([C@H](O)[C@H](C=O)NC(=O)C(F)(F)F)[C@H](O)CO. The molecule has 0 spiro atoms. The number of aliphatic hydroxyl groups is 3. The highest BCUT2D eigenvalue weighted by atomic mass is 19.4. The van der Waals surface area contributed by atoms with Crippen LogP contribution in [0.25, 0.3) is 0 Å². The van der Waals surface area contributed by atoms with Crippen molar-refractivity contribution in [1.29, 1.82) is 0 Å².